The van der Waals surface area contributed by atoms with E-state index in [0.717, 1.165) is 25.7 Å². The summed E-state index contributed by atoms with van der Waals surface area (Å²) >= 11 is 0. The van der Waals surface area contributed by atoms with Gasteiger partial charge in [0.2, 0.25) is 5.82 Å². The number of nitrogens with two attached hydrogens (primary N) is 1. The minimum Gasteiger partial charge on any atom is -0.329 e. The molecule has 7 nitrogen and oxygen atoms in total. The first kappa shape index (κ1) is 17.0. The molecule has 2 aromatic heterocycles. The summed E-state index contributed by atoms with van der Waals surface area (Å²) in [6.45, 7) is 0.354. The van der Waals surface area contributed by atoms with Gasteiger partial charge in [0, 0.05) is 23.8 Å². The summed E-state index contributed by atoms with van der Waals surface area (Å²) in [5.74, 6) is -1.90. The molecule has 0 radical (unpaired) electrons. The molecule has 1 saturated carbocycles. The second kappa shape index (κ2) is 6.04. The Morgan fingerprint density at radius 2 is 2.04 bits per heavy atom. The van der Waals surface area contributed by atoms with E-state index in [2.05, 4.69) is 19.6 Å². The lowest BCUT2D eigenvalue weighted by Gasteiger charge is -2.35. The van der Waals surface area contributed by atoms with Crippen LogP contribution >= 0.6 is 0 Å². The highest BCUT2D eigenvalue weighted by molar-refractivity contribution is 5.99. The smallest absolute Gasteiger partial charge is 0.329 e. The Hall–Kier alpha value is -2.49. The highest BCUT2D eigenvalue weighted by Crippen LogP contribution is 2.33. The van der Waals surface area contributed by atoms with Crippen LogP contribution in [0.25, 0.3) is 11.4 Å². The van der Waals surface area contributed by atoms with Gasteiger partial charge in [-0.25, -0.2) is 0 Å². The van der Waals surface area contributed by atoms with Crippen LogP contribution in [0.3, 0.4) is 0 Å². The molecule has 26 heavy (non-hydrogen) atoms. The van der Waals surface area contributed by atoms with Crippen molar-refractivity contribution >= 4 is 5.91 Å². The van der Waals surface area contributed by atoms with Crippen molar-refractivity contribution in [2.75, 3.05) is 0 Å². The van der Waals surface area contributed by atoms with Crippen LogP contribution in [0.5, 0.6) is 0 Å². The molecular formula is C16H16F3N5O2. The van der Waals surface area contributed by atoms with E-state index in [4.69, 9.17) is 5.73 Å². The van der Waals surface area contributed by atoms with Gasteiger partial charge in [0.25, 0.3) is 5.91 Å². The monoisotopic (exact) mass is 367 g/mol. The first-order chi connectivity index (χ1) is 12.3. The van der Waals surface area contributed by atoms with Crippen LogP contribution in [0.1, 0.15) is 47.6 Å². The summed E-state index contributed by atoms with van der Waals surface area (Å²) in [6.07, 6.45) is 0.398. The Labute approximate surface area is 146 Å². The highest BCUT2D eigenvalue weighted by Gasteiger charge is 2.40. The Balaban J connectivity index is 1.61. The fourth-order valence-electron chi connectivity index (χ4n) is 3.57. The van der Waals surface area contributed by atoms with Gasteiger partial charge in [0.05, 0.1) is 17.8 Å². The van der Waals surface area contributed by atoms with Gasteiger partial charge in [-0.15, -0.1) is 0 Å². The van der Waals surface area contributed by atoms with E-state index in [1.165, 1.54) is 12.3 Å². The van der Waals surface area contributed by atoms with E-state index < -0.39 is 12.1 Å². The SMILES string of the molecule is N[C@@H]1CCCC[C@H]1N1Cc2ncc(-c3noc(C(F)(F)F)n3)cc2C1=O. The second-order valence-electron chi connectivity index (χ2n) is 6.59. The van der Waals surface area contributed by atoms with E-state index in [-0.39, 0.29) is 29.4 Å². The lowest BCUT2D eigenvalue weighted by Crippen LogP contribution is -2.49. The lowest BCUT2D eigenvalue weighted by atomic mass is 9.90. The van der Waals surface area contributed by atoms with Crippen LogP contribution in [0.15, 0.2) is 16.8 Å². The predicted octanol–water partition coefficient (Wildman–Crippen LogP) is 2.38. The third-order valence-electron chi connectivity index (χ3n) is 4.89. The maximum atomic E-state index is 12.8. The Morgan fingerprint density at radius 1 is 1.27 bits per heavy atom. The molecule has 4 rings (SSSR count). The van der Waals surface area contributed by atoms with E-state index >= 15 is 0 Å². The molecule has 0 spiro atoms. The number of pyridine rings is 1. The maximum absolute atomic E-state index is 12.8. The number of fused-ring (bicyclic) bond motifs is 1. The van der Waals surface area contributed by atoms with Gasteiger partial charge in [-0.1, -0.05) is 18.0 Å². The largest absolute Gasteiger partial charge is 0.471 e. The molecule has 0 saturated heterocycles. The molecule has 0 unspecified atom stereocenters. The predicted molar refractivity (Wildman–Crippen MR) is 82.6 cm³/mol. The van der Waals surface area contributed by atoms with Crippen molar-refractivity contribution in [2.24, 2.45) is 5.73 Å². The number of hydrogen-bond acceptors (Lipinski definition) is 6. The fraction of sp³-hybridized carbons (Fsp3) is 0.500. The van der Waals surface area contributed by atoms with Crippen LogP contribution in [0.2, 0.25) is 0 Å². The molecule has 2 atom stereocenters. The van der Waals surface area contributed by atoms with Gasteiger partial charge in [0.1, 0.15) is 0 Å². The first-order valence-electron chi connectivity index (χ1n) is 8.31. The second-order valence-corrected chi connectivity index (χ2v) is 6.59. The molecule has 138 valence electrons. The summed E-state index contributed by atoms with van der Waals surface area (Å²) in [5.41, 5.74) is 7.29. The summed E-state index contributed by atoms with van der Waals surface area (Å²) in [5, 5.41) is 3.33. The van der Waals surface area contributed by atoms with Crippen molar-refractivity contribution < 1.29 is 22.5 Å². The number of halogens is 3. The Bertz CT molecular complexity index is 851. The van der Waals surface area contributed by atoms with Gasteiger partial charge in [0.15, 0.2) is 0 Å². The zero-order valence-electron chi connectivity index (χ0n) is 13.7. The number of aromatic nitrogens is 3. The lowest BCUT2D eigenvalue weighted by molar-refractivity contribution is -0.159. The molecule has 3 heterocycles. The molecular weight excluding hydrogens is 351 g/mol. The molecule has 2 aromatic rings. The van der Waals surface area contributed by atoms with Crippen LogP contribution in [0.4, 0.5) is 13.2 Å². The van der Waals surface area contributed by atoms with Crippen molar-refractivity contribution in [2.45, 2.75) is 50.5 Å². The number of nitrogens with zero attached hydrogens (tertiary/aromatic N) is 4. The van der Waals surface area contributed by atoms with E-state index in [1.807, 2.05) is 0 Å². The molecule has 1 amide bonds. The van der Waals surface area contributed by atoms with E-state index in [9.17, 15) is 18.0 Å². The summed E-state index contributed by atoms with van der Waals surface area (Å²) < 4.78 is 42.1. The fourth-order valence-corrected chi connectivity index (χ4v) is 3.57. The summed E-state index contributed by atoms with van der Waals surface area (Å²) in [7, 11) is 0. The zero-order chi connectivity index (χ0) is 18.5. The van der Waals surface area contributed by atoms with E-state index in [1.54, 1.807) is 4.90 Å². The van der Waals surface area contributed by atoms with Crippen molar-refractivity contribution in [1.29, 1.82) is 0 Å². The number of hydrogen-bond donors (Lipinski definition) is 1. The molecule has 0 bridgehead atoms. The van der Waals surface area contributed by atoms with E-state index in [0.29, 0.717) is 17.8 Å². The van der Waals surface area contributed by atoms with Crippen molar-refractivity contribution in [3.05, 3.63) is 29.4 Å². The van der Waals surface area contributed by atoms with Gasteiger partial charge < -0.3 is 15.2 Å². The van der Waals surface area contributed by atoms with Crippen molar-refractivity contribution in [3.8, 4) is 11.4 Å². The average molecular weight is 367 g/mol. The quantitative estimate of drug-likeness (QED) is 0.875. The number of carbonyl (C=O) groups excluding carboxylic acids is 1. The standard InChI is InChI=1S/C16H16F3N5O2/c17-16(18,19)15-22-13(23-26-15)8-5-9-11(21-6-8)7-24(14(9)25)12-4-2-1-3-10(12)20/h5-6,10,12H,1-4,7,20H2/t10-,12-/m1/s1. The number of rotatable bonds is 2. The Morgan fingerprint density at radius 3 is 2.73 bits per heavy atom. The number of carbonyl (C=O) groups is 1. The molecule has 0 aromatic carbocycles. The van der Waals surface area contributed by atoms with Crippen LogP contribution in [-0.4, -0.2) is 38.0 Å². The Kier molecular flexibility index (Phi) is 3.94. The summed E-state index contributed by atoms with van der Waals surface area (Å²) in [4.78, 5) is 22.0. The molecule has 2 N–H and O–H groups in total. The molecule has 1 fully saturated rings. The summed E-state index contributed by atoms with van der Waals surface area (Å²) in [6, 6.07) is 1.34. The van der Waals surface area contributed by atoms with Crippen molar-refractivity contribution in [1.82, 2.24) is 20.0 Å². The zero-order valence-corrected chi connectivity index (χ0v) is 13.7. The topological polar surface area (TPSA) is 98.1 Å². The van der Waals surface area contributed by atoms with Gasteiger partial charge in [-0.3, -0.25) is 9.78 Å². The third-order valence-corrected chi connectivity index (χ3v) is 4.89. The minimum absolute atomic E-state index is 0.0455. The average Bonchev–Trinajstić information content (AvgIpc) is 3.21. The van der Waals surface area contributed by atoms with Gasteiger partial charge in [-0.2, -0.15) is 18.2 Å². The number of amides is 1. The molecule has 1 aliphatic carbocycles. The van der Waals surface area contributed by atoms with Crippen LogP contribution < -0.4 is 5.73 Å². The van der Waals surface area contributed by atoms with Crippen LogP contribution in [0, 0.1) is 0 Å². The normalized spacial score (nSPS) is 23.4. The minimum atomic E-state index is -4.72. The highest BCUT2D eigenvalue weighted by atomic mass is 19.4. The van der Waals surface area contributed by atoms with Gasteiger partial charge in [-0.05, 0) is 18.9 Å². The molecule has 2 aliphatic rings. The van der Waals surface area contributed by atoms with Gasteiger partial charge >= 0.3 is 12.1 Å². The number of alkyl halides is 3. The molecule has 1 aliphatic heterocycles. The third kappa shape index (κ3) is 2.83. The van der Waals surface area contributed by atoms with Crippen molar-refractivity contribution in [3.63, 3.8) is 0 Å². The first-order valence-corrected chi connectivity index (χ1v) is 8.31. The maximum Gasteiger partial charge on any atom is 0.471 e. The molecule has 10 heteroatoms. The van der Waals surface area contributed by atoms with Crippen LogP contribution in [-0.2, 0) is 12.7 Å².